The zero-order valence-corrected chi connectivity index (χ0v) is 11.9. The van der Waals surface area contributed by atoms with Gasteiger partial charge in [-0.05, 0) is 26.0 Å². The second-order valence-electron chi connectivity index (χ2n) is 5.06. The topological polar surface area (TPSA) is 53.9 Å². The highest BCUT2D eigenvalue weighted by Crippen LogP contribution is 2.24. The molecule has 1 aliphatic heterocycles. The SMILES string of the molecule is Cc1nc(-c2cccnc2)nc(N2CCNCC2)c1C. The molecule has 2 aromatic rings. The van der Waals surface area contributed by atoms with Crippen LogP contribution in [0.25, 0.3) is 11.4 Å². The number of aryl methyl sites for hydroxylation is 1. The molecule has 0 radical (unpaired) electrons. The molecular formula is C15H19N5. The van der Waals surface area contributed by atoms with Crippen LogP contribution in [0.4, 0.5) is 5.82 Å². The second-order valence-corrected chi connectivity index (χ2v) is 5.06. The van der Waals surface area contributed by atoms with Crippen molar-refractivity contribution in [3.8, 4) is 11.4 Å². The van der Waals surface area contributed by atoms with Gasteiger partial charge in [-0.15, -0.1) is 0 Å². The molecule has 0 bridgehead atoms. The first-order chi connectivity index (χ1) is 9.75. The standard InChI is InChI=1S/C15H19N5/c1-11-12(2)18-14(13-4-3-5-17-10-13)19-15(11)20-8-6-16-7-9-20/h3-5,10,16H,6-9H2,1-2H3. The molecule has 1 N–H and O–H groups in total. The largest absolute Gasteiger partial charge is 0.354 e. The van der Waals surface area contributed by atoms with E-state index in [0.717, 1.165) is 49.1 Å². The molecule has 0 amide bonds. The van der Waals surface area contributed by atoms with Gasteiger partial charge in [0.15, 0.2) is 5.82 Å². The van der Waals surface area contributed by atoms with Gasteiger partial charge >= 0.3 is 0 Å². The molecule has 0 atom stereocenters. The number of nitrogens with one attached hydrogen (secondary N) is 1. The summed E-state index contributed by atoms with van der Waals surface area (Å²) in [6.45, 7) is 8.13. The zero-order valence-electron chi connectivity index (χ0n) is 11.9. The molecule has 0 aromatic carbocycles. The molecule has 5 nitrogen and oxygen atoms in total. The maximum atomic E-state index is 4.77. The third kappa shape index (κ3) is 2.49. The van der Waals surface area contributed by atoms with Crippen molar-refractivity contribution >= 4 is 5.82 Å². The second kappa shape index (κ2) is 5.54. The molecule has 1 fully saturated rings. The lowest BCUT2D eigenvalue weighted by Crippen LogP contribution is -2.44. The fourth-order valence-corrected chi connectivity index (χ4v) is 2.42. The van der Waals surface area contributed by atoms with Crippen LogP contribution < -0.4 is 10.2 Å². The lowest BCUT2D eigenvalue weighted by molar-refractivity contribution is 0.583. The van der Waals surface area contributed by atoms with Crippen molar-refractivity contribution in [2.45, 2.75) is 13.8 Å². The van der Waals surface area contributed by atoms with E-state index in [1.54, 1.807) is 6.20 Å². The Balaban J connectivity index is 2.03. The molecule has 0 unspecified atom stereocenters. The summed E-state index contributed by atoms with van der Waals surface area (Å²) in [5.41, 5.74) is 3.17. The van der Waals surface area contributed by atoms with E-state index in [2.05, 4.69) is 27.1 Å². The first-order valence-corrected chi connectivity index (χ1v) is 6.97. The molecule has 0 spiro atoms. The van der Waals surface area contributed by atoms with Crippen LogP contribution in [0, 0.1) is 13.8 Å². The quantitative estimate of drug-likeness (QED) is 0.896. The summed E-state index contributed by atoms with van der Waals surface area (Å²) in [5.74, 6) is 1.81. The first kappa shape index (κ1) is 13.0. The Bertz CT molecular complexity index is 591. The van der Waals surface area contributed by atoms with Crippen molar-refractivity contribution < 1.29 is 0 Å². The van der Waals surface area contributed by atoms with Gasteiger partial charge in [0.05, 0.1) is 0 Å². The molecule has 0 saturated carbocycles. The lowest BCUT2D eigenvalue weighted by atomic mass is 10.2. The summed E-state index contributed by atoms with van der Waals surface area (Å²) in [5, 5.41) is 3.37. The smallest absolute Gasteiger partial charge is 0.163 e. The van der Waals surface area contributed by atoms with Crippen molar-refractivity contribution in [3.05, 3.63) is 35.8 Å². The van der Waals surface area contributed by atoms with Crippen LogP contribution in [-0.4, -0.2) is 41.1 Å². The summed E-state index contributed by atoms with van der Waals surface area (Å²) in [4.78, 5) is 15.9. The molecule has 3 heterocycles. The van der Waals surface area contributed by atoms with Gasteiger partial charge in [0.1, 0.15) is 5.82 Å². The van der Waals surface area contributed by atoms with E-state index in [1.165, 1.54) is 5.56 Å². The summed E-state index contributed by atoms with van der Waals surface area (Å²) in [7, 11) is 0. The van der Waals surface area contributed by atoms with Crippen LogP contribution in [0.5, 0.6) is 0 Å². The Morgan fingerprint density at radius 1 is 1.15 bits per heavy atom. The van der Waals surface area contributed by atoms with Gasteiger partial charge < -0.3 is 10.2 Å². The minimum absolute atomic E-state index is 0.759. The highest BCUT2D eigenvalue weighted by Gasteiger charge is 2.17. The minimum Gasteiger partial charge on any atom is -0.354 e. The van der Waals surface area contributed by atoms with Crippen molar-refractivity contribution in [3.63, 3.8) is 0 Å². The summed E-state index contributed by atoms with van der Waals surface area (Å²) in [6.07, 6.45) is 3.58. The van der Waals surface area contributed by atoms with Crippen LogP contribution in [0.2, 0.25) is 0 Å². The van der Waals surface area contributed by atoms with Crippen LogP contribution in [0.1, 0.15) is 11.3 Å². The summed E-state index contributed by atoms with van der Waals surface area (Å²) < 4.78 is 0. The molecular weight excluding hydrogens is 250 g/mol. The average Bonchev–Trinajstić information content (AvgIpc) is 2.51. The van der Waals surface area contributed by atoms with Gasteiger partial charge in [-0.2, -0.15) is 0 Å². The van der Waals surface area contributed by atoms with E-state index < -0.39 is 0 Å². The zero-order chi connectivity index (χ0) is 13.9. The fraction of sp³-hybridized carbons (Fsp3) is 0.400. The predicted octanol–water partition coefficient (Wildman–Crippen LogP) is 1.57. The highest BCUT2D eigenvalue weighted by atomic mass is 15.2. The maximum Gasteiger partial charge on any atom is 0.163 e. The van der Waals surface area contributed by atoms with E-state index in [-0.39, 0.29) is 0 Å². The van der Waals surface area contributed by atoms with Crippen LogP contribution >= 0.6 is 0 Å². The number of hydrogen-bond donors (Lipinski definition) is 1. The third-order valence-electron chi connectivity index (χ3n) is 3.70. The number of nitrogens with zero attached hydrogens (tertiary/aromatic N) is 4. The molecule has 104 valence electrons. The normalized spacial score (nSPS) is 15.4. The van der Waals surface area contributed by atoms with E-state index >= 15 is 0 Å². The summed E-state index contributed by atoms with van der Waals surface area (Å²) >= 11 is 0. The van der Waals surface area contributed by atoms with Crippen molar-refractivity contribution in [2.75, 3.05) is 31.1 Å². The van der Waals surface area contributed by atoms with Gasteiger partial charge in [-0.25, -0.2) is 9.97 Å². The predicted molar refractivity (Wildman–Crippen MR) is 79.8 cm³/mol. The van der Waals surface area contributed by atoms with Gasteiger partial charge in [0.25, 0.3) is 0 Å². The highest BCUT2D eigenvalue weighted by molar-refractivity contribution is 5.59. The van der Waals surface area contributed by atoms with Crippen molar-refractivity contribution in [1.82, 2.24) is 20.3 Å². The Kier molecular flexibility index (Phi) is 3.60. The number of piperazine rings is 1. The number of hydrogen-bond acceptors (Lipinski definition) is 5. The lowest BCUT2D eigenvalue weighted by Gasteiger charge is -2.30. The van der Waals surface area contributed by atoms with Crippen LogP contribution in [-0.2, 0) is 0 Å². The third-order valence-corrected chi connectivity index (χ3v) is 3.70. The average molecular weight is 269 g/mol. The molecule has 5 heteroatoms. The molecule has 1 saturated heterocycles. The van der Waals surface area contributed by atoms with Gasteiger partial charge in [-0.1, -0.05) is 0 Å². The van der Waals surface area contributed by atoms with Gasteiger partial charge in [0, 0.05) is 55.4 Å². The Morgan fingerprint density at radius 2 is 1.95 bits per heavy atom. The number of anilines is 1. The maximum absolute atomic E-state index is 4.77. The van der Waals surface area contributed by atoms with E-state index in [4.69, 9.17) is 4.98 Å². The fourth-order valence-electron chi connectivity index (χ4n) is 2.42. The first-order valence-electron chi connectivity index (χ1n) is 6.97. The number of aromatic nitrogens is 3. The monoisotopic (exact) mass is 269 g/mol. The molecule has 20 heavy (non-hydrogen) atoms. The van der Waals surface area contributed by atoms with Crippen molar-refractivity contribution in [2.24, 2.45) is 0 Å². The van der Waals surface area contributed by atoms with E-state index in [0.29, 0.717) is 0 Å². The minimum atomic E-state index is 0.759. The van der Waals surface area contributed by atoms with Crippen LogP contribution in [0.3, 0.4) is 0 Å². The number of pyridine rings is 1. The van der Waals surface area contributed by atoms with Crippen molar-refractivity contribution in [1.29, 1.82) is 0 Å². The molecule has 2 aromatic heterocycles. The Hall–Kier alpha value is -2.01. The molecule has 0 aliphatic carbocycles. The molecule has 1 aliphatic rings. The Morgan fingerprint density at radius 3 is 2.65 bits per heavy atom. The Labute approximate surface area is 119 Å². The van der Waals surface area contributed by atoms with E-state index in [1.807, 2.05) is 25.3 Å². The van der Waals surface area contributed by atoms with Crippen LogP contribution in [0.15, 0.2) is 24.5 Å². The van der Waals surface area contributed by atoms with E-state index in [9.17, 15) is 0 Å². The molecule has 3 rings (SSSR count). The van der Waals surface area contributed by atoms with Gasteiger partial charge in [-0.3, -0.25) is 4.98 Å². The van der Waals surface area contributed by atoms with Gasteiger partial charge in [0.2, 0.25) is 0 Å². The number of rotatable bonds is 2. The summed E-state index contributed by atoms with van der Waals surface area (Å²) in [6, 6.07) is 3.91.